The molecular weight excluding hydrogens is 701 g/mol. The number of fused-ring (bicyclic) bond motifs is 7. The van der Waals surface area contributed by atoms with Crippen molar-refractivity contribution in [3.05, 3.63) is 194 Å². The minimum Gasteiger partial charge on any atom is -0.301 e. The Labute approximate surface area is 327 Å². The van der Waals surface area contributed by atoms with E-state index in [1.54, 1.807) is 0 Å². The van der Waals surface area contributed by atoms with E-state index in [0.717, 1.165) is 61.7 Å². The Balaban J connectivity index is 1.08. The van der Waals surface area contributed by atoms with E-state index >= 15 is 0 Å². The lowest BCUT2D eigenvalue weighted by Gasteiger charge is -2.11. The Morgan fingerprint density at radius 3 is 1.64 bits per heavy atom. The molecule has 0 radical (unpaired) electrons. The average molecular weight is 733 g/mol. The van der Waals surface area contributed by atoms with Gasteiger partial charge in [-0.25, -0.2) is 15.0 Å². The molecule has 56 heavy (non-hydrogen) atoms. The standard InChI is InChI=1S/C51H32N4S/c1-5-15-34(16-6-1)43-32-44(54-50(53-43)37-19-9-3-10-20-37)35-27-25-33(26-28-35)38-29-30-41-45(31-38)55(39-21-11-4-12-22-39)51-47(41)46-40-23-13-14-24-42(40)52-48(49(46)56-51)36-17-7-2-8-18-36/h1-32H. The van der Waals surface area contributed by atoms with Gasteiger partial charge in [-0.15, -0.1) is 11.3 Å². The predicted octanol–water partition coefficient (Wildman–Crippen LogP) is 13.7. The number of hydrogen-bond donors (Lipinski definition) is 0. The topological polar surface area (TPSA) is 43.6 Å². The molecule has 0 amide bonds. The molecule has 4 nitrogen and oxygen atoms in total. The van der Waals surface area contributed by atoms with E-state index in [0.29, 0.717) is 5.82 Å². The van der Waals surface area contributed by atoms with Crippen LogP contribution in [0.15, 0.2) is 194 Å². The Hall–Kier alpha value is -7.21. The number of thiophene rings is 1. The molecule has 4 heterocycles. The van der Waals surface area contributed by atoms with Crippen LogP contribution in [0.4, 0.5) is 0 Å². The van der Waals surface area contributed by atoms with Crippen molar-refractivity contribution in [1.29, 1.82) is 0 Å². The number of pyridine rings is 1. The van der Waals surface area contributed by atoms with Gasteiger partial charge in [-0.3, -0.25) is 0 Å². The third-order valence-electron chi connectivity index (χ3n) is 10.6. The first-order valence-electron chi connectivity index (χ1n) is 18.8. The molecule has 11 rings (SSSR count). The van der Waals surface area contributed by atoms with Gasteiger partial charge in [0.25, 0.3) is 0 Å². The number of aromatic nitrogens is 4. The summed E-state index contributed by atoms with van der Waals surface area (Å²) >= 11 is 1.83. The zero-order chi connectivity index (χ0) is 37.0. The van der Waals surface area contributed by atoms with Gasteiger partial charge in [0, 0.05) is 49.5 Å². The van der Waals surface area contributed by atoms with E-state index in [9.17, 15) is 0 Å². The molecule has 7 aromatic carbocycles. The van der Waals surface area contributed by atoms with Crippen LogP contribution in [0.25, 0.3) is 104 Å². The minimum absolute atomic E-state index is 0.713. The monoisotopic (exact) mass is 732 g/mol. The summed E-state index contributed by atoms with van der Waals surface area (Å²) in [5.74, 6) is 0.713. The van der Waals surface area contributed by atoms with Gasteiger partial charge in [0.2, 0.25) is 0 Å². The minimum atomic E-state index is 0.713. The quantitative estimate of drug-likeness (QED) is 0.171. The number of benzene rings is 7. The molecule has 0 N–H and O–H groups in total. The van der Waals surface area contributed by atoms with E-state index < -0.39 is 0 Å². The summed E-state index contributed by atoms with van der Waals surface area (Å²) in [6.45, 7) is 0. The predicted molar refractivity (Wildman–Crippen MR) is 234 cm³/mol. The molecule has 5 heteroatoms. The van der Waals surface area contributed by atoms with Crippen molar-refractivity contribution in [3.8, 4) is 62.0 Å². The van der Waals surface area contributed by atoms with E-state index in [1.807, 2.05) is 47.7 Å². The van der Waals surface area contributed by atoms with E-state index in [2.05, 4.69) is 162 Å². The number of rotatable bonds is 6. The van der Waals surface area contributed by atoms with Crippen molar-refractivity contribution in [3.63, 3.8) is 0 Å². The molecule has 0 unspecified atom stereocenters. The Bertz CT molecular complexity index is 3150. The first-order chi connectivity index (χ1) is 27.8. The molecule has 0 aliphatic carbocycles. The first-order valence-corrected chi connectivity index (χ1v) is 19.6. The molecule has 0 aliphatic heterocycles. The Morgan fingerprint density at radius 1 is 0.393 bits per heavy atom. The smallest absolute Gasteiger partial charge is 0.160 e. The van der Waals surface area contributed by atoms with Gasteiger partial charge in [-0.1, -0.05) is 164 Å². The highest BCUT2D eigenvalue weighted by atomic mass is 32.1. The Morgan fingerprint density at radius 2 is 0.946 bits per heavy atom. The zero-order valence-corrected chi connectivity index (χ0v) is 31.0. The summed E-state index contributed by atoms with van der Waals surface area (Å²) in [6.07, 6.45) is 0. The lowest BCUT2D eigenvalue weighted by atomic mass is 9.99. The molecule has 4 aromatic heterocycles. The van der Waals surface area contributed by atoms with Gasteiger partial charge in [0.1, 0.15) is 4.83 Å². The number of hydrogen-bond acceptors (Lipinski definition) is 4. The van der Waals surface area contributed by atoms with Gasteiger partial charge in [0.15, 0.2) is 5.82 Å². The lowest BCUT2D eigenvalue weighted by molar-refractivity contribution is 1.18. The van der Waals surface area contributed by atoms with Crippen LogP contribution in [-0.2, 0) is 0 Å². The highest BCUT2D eigenvalue weighted by Gasteiger charge is 2.23. The van der Waals surface area contributed by atoms with Gasteiger partial charge in [-0.2, -0.15) is 0 Å². The molecular formula is C51H32N4S. The fourth-order valence-electron chi connectivity index (χ4n) is 7.95. The third-order valence-corrected chi connectivity index (χ3v) is 11.8. The van der Waals surface area contributed by atoms with Crippen molar-refractivity contribution in [1.82, 2.24) is 19.5 Å². The summed E-state index contributed by atoms with van der Waals surface area (Å²) in [5, 5.41) is 4.94. The maximum atomic E-state index is 5.25. The van der Waals surface area contributed by atoms with Crippen LogP contribution in [0.5, 0.6) is 0 Å². The largest absolute Gasteiger partial charge is 0.301 e. The molecule has 262 valence electrons. The van der Waals surface area contributed by atoms with Crippen LogP contribution in [0, 0.1) is 0 Å². The zero-order valence-electron chi connectivity index (χ0n) is 30.2. The number of nitrogens with zero attached hydrogens (tertiary/aromatic N) is 4. The summed E-state index contributed by atoms with van der Waals surface area (Å²) in [6, 6.07) is 68.2. The van der Waals surface area contributed by atoms with Crippen LogP contribution in [-0.4, -0.2) is 19.5 Å². The molecule has 0 bridgehead atoms. The Kier molecular flexibility index (Phi) is 7.64. The SMILES string of the molecule is c1ccc(-c2cc(-c3ccc(-c4ccc5c6c7c(sc6n(-c6ccccc6)c5c4)c(-c4ccccc4)nc4ccccc47)cc3)nc(-c3ccccc3)n2)cc1. The summed E-state index contributed by atoms with van der Waals surface area (Å²) < 4.78 is 3.65. The van der Waals surface area contributed by atoms with Gasteiger partial charge in [0.05, 0.1) is 32.8 Å². The molecule has 11 aromatic rings. The normalized spacial score (nSPS) is 11.6. The summed E-state index contributed by atoms with van der Waals surface area (Å²) in [7, 11) is 0. The van der Waals surface area contributed by atoms with Crippen LogP contribution < -0.4 is 0 Å². The van der Waals surface area contributed by atoms with Crippen molar-refractivity contribution in [2.75, 3.05) is 0 Å². The van der Waals surface area contributed by atoms with Crippen LogP contribution in [0.3, 0.4) is 0 Å². The molecule has 0 atom stereocenters. The first kappa shape index (κ1) is 32.2. The van der Waals surface area contributed by atoms with Crippen LogP contribution in [0.2, 0.25) is 0 Å². The van der Waals surface area contributed by atoms with Crippen LogP contribution in [0.1, 0.15) is 0 Å². The summed E-state index contributed by atoms with van der Waals surface area (Å²) in [4.78, 5) is 16.5. The van der Waals surface area contributed by atoms with Gasteiger partial charge in [-0.05, 0) is 41.5 Å². The maximum Gasteiger partial charge on any atom is 0.160 e. The van der Waals surface area contributed by atoms with Gasteiger partial charge >= 0.3 is 0 Å². The van der Waals surface area contributed by atoms with E-state index in [-0.39, 0.29) is 0 Å². The van der Waals surface area contributed by atoms with Crippen molar-refractivity contribution in [2.24, 2.45) is 0 Å². The second-order valence-corrected chi connectivity index (χ2v) is 15.0. The lowest BCUT2D eigenvalue weighted by Crippen LogP contribution is -1.95. The molecule has 0 saturated heterocycles. The second kappa shape index (κ2) is 13.3. The molecule has 0 saturated carbocycles. The van der Waals surface area contributed by atoms with Crippen molar-refractivity contribution < 1.29 is 0 Å². The van der Waals surface area contributed by atoms with Crippen molar-refractivity contribution in [2.45, 2.75) is 0 Å². The van der Waals surface area contributed by atoms with Crippen LogP contribution >= 0.6 is 11.3 Å². The van der Waals surface area contributed by atoms with Crippen molar-refractivity contribution >= 4 is 53.4 Å². The second-order valence-electron chi connectivity index (χ2n) is 14.0. The molecule has 0 spiro atoms. The molecule has 0 aliphatic rings. The fraction of sp³-hybridized carbons (Fsp3) is 0. The van der Waals surface area contributed by atoms with E-state index in [1.165, 1.54) is 36.6 Å². The highest BCUT2D eigenvalue weighted by molar-refractivity contribution is 7.26. The van der Waals surface area contributed by atoms with E-state index in [4.69, 9.17) is 15.0 Å². The highest BCUT2D eigenvalue weighted by Crippen LogP contribution is 2.48. The summed E-state index contributed by atoms with van der Waals surface area (Å²) in [5.41, 5.74) is 12.7. The molecule has 0 fully saturated rings. The van der Waals surface area contributed by atoms with Gasteiger partial charge < -0.3 is 4.57 Å². The fourth-order valence-corrected chi connectivity index (χ4v) is 9.32. The average Bonchev–Trinajstić information content (AvgIpc) is 3.82. The third kappa shape index (κ3) is 5.40. The number of para-hydroxylation sites is 2. The maximum absolute atomic E-state index is 5.25.